The first-order valence-electron chi connectivity index (χ1n) is 4.69. The molecule has 6 heteroatoms. The molecule has 0 fully saturated rings. The minimum atomic E-state index is -1.03. The summed E-state index contributed by atoms with van der Waals surface area (Å²) in [6, 6.07) is -1.33. The quantitative estimate of drug-likeness (QED) is 0.666. The fraction of sp³-hybridized carbons (Fsp3) is 0.600. The van der Waals surface area contributed by atoms with Gasteiger partial charge in [0.25, 0.3) is 0 Å². The molecule has 0 rings (SSSR count). The third-order valence-corrected chi connectivity index (χ3v) is 2.53. The molecule has 0 aliphatic carbocycles. The van der Waals surface area contributed by atoms with Gasteiger partial charge in [-0.3, -0.25) is 0 Å². The van der Waals surface area contributed by atoms with Crippen LogP contribution < -0.4 is 5.32 Å². The molecule has 0 radical (unpaired) electrons. The maximum atomic E-state index is 11.5. The van der Waals surface area contributed by atoms with Crippen LogP contribution in [0.4, 0.5) is 4.79 Å². The highest BCUT2D eigenvalue weighted by molar-refractivity contribution is 7.98. The first kappa shape index (κ1) is 14.6. The smallest absolute Gasteiger partial charge is 0.326 e. The lowest BCUT2D eigenvalue weighted by atomic mass is 10.2. The molecular formula is C10H16N2O3S. The Morgan fingerprint density at radius 2 is 2.25 bits per heavy atom. The van der Waals surface area contributed by atoms with E-state index in [1.165, 1.54) is 23.7 Å². The number of urea groups is 1. The standard InChI is InChI=1S/C10H16N2O3S/c1-4-6-12(2)10(15)11-8(9(13)14)5-7-16-3/h1,8H,5-7H2,2-3H3,(H,11,15)(H,13,14). The zero-order chi connectivity index (χ0) is 12.6. The molecule has 0 heterocycles. The average molecular weight is 244 g/mol. The Kier molecular flexibility index (Phi) is 7.21. The molecule has 0 saturated heterocycles. The molecule has 0 spiro atoms. The van der Waals surface area contributed by atoms with Crippen LogP contribution in [0, 0.1) is 12.3 Å². The average Bonchev–Trinajstić information content (AvgIpc) is 2.23. The summed E-state index contributed by atoms with van der Waals surface area (Å²) in [6.07, 6.45) is 7.32. The number of carbonyl (C=O) groups is 2. The molecule has 2 N–H and O–H groups in total. The summed E-state index contributed by atoms with van der Waals surface area (Å²) >= 11 is 1.53. The van der Waals surface area contributed by atoms with Crippen LogP contribution in [0.3, 0.4) is 0 Å². The number of amides is 2. The molecule has 0 aliphatic rings. The van der Waals surface area contributed by atoms with Gasteiger partial charge >= 0.3 is 12.0 Å². The second kappa shape index (κ2) is 7.88. The van der Waals surface area contributed by atoms with Crippen molar-refractivity contribution in [1.82, 2.24) is 10.2 Å². The number of terminal acetylenes is 1. The van der Waals surface area contributed by atoms with Gasteiger partial charge in [0.15, 0.2) is 0 Å². The topological polar surface area (TPSA) is 69.6 Å². The predicted molar refractivity (Wildman–Crippen MR) is 64.4 cm³/mol. The molecule has 0 aliphatic heterocycles. The van der Waals surface area contributed by atoms with Crippen molar-refractivity contribution < 1.29 is 14.7 Å². The fourth-order valence-electron chi connectivity index (χ4n) is 0.961. The van der Waals surface area contributed by atoms with E-state index in [1.807, 2.05) is 6.26 Å². The Labute approximate surface area is 99.6 Å². The van der Waals surface area contributed by atoms with E-state index in [1.54, 1.807) is 0 Å². The summed E-state index contributed by atoms with van der Waals surface area (Å²) < 4.78 is 0. The molecular weight excluding hydrogens is 228 g/mol. The van der Waals surface area contributed by atoms with Crippen molar-refractivity contribution in [2.24, 2.45) is 0 Å². The number of carboxylic acid groups (broad SMARTS) is 1. The normalized spacial score (nSPS) is 11.3. The highest BCUT2D eigenvalue weighted by atomic mass is 32.2. The van der Waals surface area contributed by atoms with Crippen molar-refractivity contribution in [2.75, 3.05) is 25.6 Å². The van der Waals surface area contributed by atoms with Crippen LogP contribution in [0.2, 0.25) is 0 Å². The lowest BCUT2D eigenvalue weighted by Crippen LogP contribution is -2.47. The second-order valence-corrected chi connectivity index (χ2v) is 4.17. The van der Waals surface area contributed by atoms with Crippen LogP contribution in [0.15, 0.2) is 0 Å². The monoisotopic (exact) mass is 244 g/mol. The second-order valence-electron chi connectivity index (χ2n) is 3.18. The summed E-state index contributed by atoms with van der Waals surface area (Å²) in [5, 5.41) is 11.3. The number of nitrogens with one attached hydrogen (secondary N) is 1. The van der Waals surface area contributed by atoms with Gasteiger partial charge in [0, 0.05) is 7.05 Å². The predicted octanol–water partition coefficient (Wildman–Crippen LogP) is 0.467. The van der Waals surface area contributed by atoms with E-state index in [-0.39, 0.29) is 6.54 Å². The Morgan fingerprint density at radius 3 is 2.69 bits per heavy atom. The molecule has 1 atom stereocenters. The minimum Gasteiger partial charge on any atom is -0.480 e. The zero-order valence-corrected chi connectivity index (χ0v) is 10.2. The number of hydrogen-bond acceptors (Lipinski definition) is 3. The molecule has 0 bridgehead atoms. The Hall–Kier alpha value is -1.35. The third-order valence-electron chi connectivity index (χ3n) is 1.88. The summed E-state index contributed by atoms with van der Waals surface area (Å²) in [5.74, 6) is 1.95. The lowest BCUT2D eigenvalue weighted by Gasteiger charge is -2.19. The largest absolute Gasteiger partial charge is 0.480 e. The van der Waals surface area contributed by atoms with Crippen molar-refractivity contribution in [3.63, 3.8) is 0 Å². The van der Waals surface area contributed by atoms with E-state index in [4.69, 9.17) is 11.5 Å². The number of thioether (sulfide) groups is 1. The molecule has 16 heavy (non-hydrogen) atoms. The first-order chi connectivity index (χ1) is 7.52. The van der Waals surface area contributed by atoms with Gasteiger partial charge in [0.05, 0.1) is 6.54 Å². The number of carbonyl (C=O) groups excluding carboxylic acids is 1. The lowest BCUT2D eigenvalue weighted by molar-refractivity contribution is -0.139. The van der Waals surface area contributed by atoms with Crippen LogP contribution in [-0.2, 0) is 4.79 Å². The van der Waals surface area contributed by atoms with E-state index < -0.39 is 18.0 Å². The molecule has 0 aromatic carbocycles. The Balaban J connectivity index is 4.23. The van der Waals surface area contributed by atoms with E-state index in [2.05, 4.69) is 11.2 Å². The van der Waals surface area contributed by atoms with Gasteiger partial charge in [-0.2, -0.15) is 11.8 Å². The van der Waals surface area contributed by atoms with Gasteiger partial charge in [0.2, 0.25) is 0 Å². The van der Waals surface area contributed by atoms with Crippen molar-refractivity contribution in [1.29, 1.82) is 0 Å². The SMILES string of the molecule is C#CCN(C)C(=O)NC(CCSC)C(=O)O. The summed E-state index contributed by atoms with van der Waals surface area (Å²) in [7, 11) is 1.52. The van der Waals surface area contributed by atoms with Crippen molar-refractivity contribution in [3.8, 4) is 12.3 Å². The van der Waals surface area contributed by atoms with Crippen molar-refractivity contribution in [3.05, 3.63) is 0 Å². The maximum absolute atomic E-state index is 11.5. The molecule has 0 aromatic heterocycles. The molecule has 1 unspecified atom stereocenters. The number of carboxylic acids is 1. The van der Waals surface area contributed by atoms with Gasteiger partial charge < -0.3 is 15.3 Å². The van der Waals surface area contributed by atoms with Crippen LogP contribution in [0.25, 0.3) is 0 Å². The summed E-state index contributed by atoms with van der Waals surface area (Å²) in [4.78, 5) is 23.6. The maximum Gasteiger partial charge on any atom is 0.326 e. The summed E-state index contributed by atoms with van der Waals surface area (Å²) in [6.45, 7) is 0.153. The highest BCUT2D eigenvalue weighted by Crippen LogP contribution is 2.01. The van der Waals surface area contributed by atoms with Gasteiger partial charge in [-0.15, -0.1) is 6.42 Å². The molecule has 90 valence electrons. The van der Waals surface area contributed by atoms with Gasteiger partial charge in [-0.25, -0.2) is 9.59 Å². The number of hydrogen-bond donors (Lipinski definition) is 2. The Morgan fingerprint density at radius 1 is 1.62 bits per heavy atom. The Bertz CT molecular complexity index is 288. The third kappa shape index (κ3) is 5.51. The van der Waals surface area contributed by atoms with E-state index in [0.29, 0.717) is 12.2 Å². The first-order valence-corrected chi connectivity index (χ1v) is 6.09. The molecule has 0 aromatic rings. The van der Waals surface area contributed by atoms with Crippen molar-refractivity contribution >= 4 is 23.8 Å². The number of aliphatic carboxylic acids is 1. The zero-order valence-electron chi connectivity index (χ0n) is 9.40. The minimum absolute atomic E-state index is 0.153. The highest BCUT2D eigenvalue weighted by Gasteiger charge is 2.20. The molecule has 2 amide bonds. The van der Waals surface area contributed by atoms with Crippen LogP contribution in [0.5, 0.6) is 0 Å². The van der Waals surface area contributed by atoms with E-state index in [9.17, 15) is 9.59 Å². The number of nitrogens with zero attached hydrogens (tertiary/aromatic N) is 1. The fourth-order valence-corrected chi connectivity index (χ4v) is 1.43. The van der Waals surface area contributed by atoms with E-state index in [0.717, 1.165) is 0 Å². The molecule has 0 saturated carbocycles. The van der Waals surface area contributed by atoms with Gasteiger partial charge in [-0.05, 0) is 18.4 Å². The summed E-state index contributed by atoms with van der Waals surface area (Å²) in [5.41, 5.74) is 0. The molecule has 5 nitrogen and oxygen atoms in total. The van der Waals surface area contributed by atoms with Gasteiger partial charge in [0.1, 0.15) is 6.04 Å². The number of rotatable bonds is 6. The van der Waals surface area contributed by atoms with Crippen LogP contribution in [0.1, 0.15) is 6.42 Å². The van der Waals surface area contributed by atoms with Crippen molar-refractivity contribution in [2.45, 2.75) is 12.5 Å². The van der Waals surface area contributed by atoms with Gasteiger partial charge in [-0.1, -0.05) is 5.92 Å². The van der Waals surface area contributed by atoms with Crippen LogP contribution in [-0.4, -0.2) is 53.6 Å². The van der Waals surface area contributed by atoms with Crippen LogP contribution >= 0.6 is 11.8 Å². The van der Waals surface area contributed by atoms with E-state index >= 15 is 0 Å².